The normalized spacial score (nSPS) is 12.3. The van der Waals surface area contributed by atoms with Crippen LogP contribution in [0.2, 0.25) is 0 Å². The molecule has 0 fully saturated rings. The largest absolute Gasteiger partial charge is 0.371 e. The number of H-pyrrole nitrogens is 1. The summed E-state index contributed by atoms with van der Waals surface area (Å²) in [5, 5.41) is 0. The summed E-state index contributed by atoms with van der Waals surface area (Å²) in [7, 11) is 0. The molecule has 0 radical (unpaired) electrons. The summed E-state index contributed by atoms with van der Waals surface area (Å²) in [5.41, 5.74) is 2.09. The van der Waals surface area contributed by atoms with E-state index in [4.69, 9.17) is 17.0 Å². The van der Waals surface area contributed by atoms with Crippen LogP contribution in [0.5, 0.6) is 0 Å². The smallest absolute Gasteiger partial charge is 0.137 e. The van der Waals surface area contributed by atoms with Gasteiger partial charge in [-0.05, 0) is 25.0 Å². The van der Waals surface area contributed by atoms with Crippen LogP contribution in [-0.2, 0) is 4.74 Å². The first-order valence-electron chi connectivity index (χ1n) is 7.02. The highest BCUT2D eigenvalue weighted by molar-refractivity contribution is 7.71. The summed E-state index contributed by atoms with van der Waals surface area (Å²) >= 11 is 5.29. The van der Waals surface area contributed by atoms with Crippen LogP contribution in [0.15, 0.2) is 36.4 Å². The standard InChI is InChI=1S/C16H20N2OS/c1-3-8-14(19-4-2)16-17-13(11-15(20)18-16)12-9-6-5-7-10-12/h5-7,9-11,14H,3-4,8H2,1-2H3,(H,17,18,20). The molecule has 0 bridgehead atoms. The van der Waals surface area contributed by atoms with Gasteiger partial charge in [-0.15, -0.1) is 0 Å². The molecule has 0 saturated carbocycles. The van der Waals surface area contributed by atoms with Gasteiger partial charge in [0.1, 0.15) is 16.6 Å². The van der Waals surface area contributed by atoms with Crippen LogP contribution >= 0.6 is 12.2 Å². The predicted octanol–water partition coefficient (Wildman–Crippen LogP) is 4.68. The summed E-state index contributed by atoms with van der Waals surface area (Å²) in [6.45, 7) is 4.81. The first-order chi connectivity index (χ1) is 9.74. The van der Waals surface area contributed by atoms with Crippen LogP contribution in [0.3, 0.4) is 0 Å². The van der Waals surface area contributed by atoms with E-state index in [1.54, 1.807) is 0 Å². The van der Waals surface area contributed by atoms with Crippen molar-refractivity contribution in [2.75, 3.05) is 6.61 Å². The maximum atomic E-state index is 5.77. The Labute approximate surface area is 125 Å². The Kier molecular flexibility index (Phi) is 5.44. The highest BCUT2D eigenvalue weighted by Gasteiger charge is 2.14. The van der Waals surface area contributed by atoms with Crippen LogP contribution in [0.25, 0.3) is 11.3 Å². The summed E-state index contributed by atoms with van der Waals surface area (Å²) in [6, 6.07) is 12.0. The zero-order valence-electron chi connectivity index (χ0n) is 11.9. The Bertz CT molecular complexity index is 589. The summed E-state index contributed by atoms with van der Waals surface area (Å²) < 4.78 is 6.37. The Hall–Kier alpha value is -1.52. The van der Waals surface area contributed by atoms with E-state index in [9.17, 15) is 0 Å². The van der Waals surface area contributed by atoms with Crippen molar-refractivity contribution in [1.29, 1.82) is 0 Å². The van der Waals surface area contributed by atoms with Crippen molar-refractivity contribution in [3.63, 3.8) is 0 Å². The monoisotopic (exact) mass is 288 g/mol. The van der Waals surface area contributed by atoms with E-state index in [-0.39, 0.29) is 6.10 Å². The molecule has 1 aromatic carbocycles. The highest BCUT2D eigenvalue weighted by atomic mass is 32.1. The van der Waals surface area contributed by atoms with Crippen molar-refractivity contribution in [3.05, 3.63) is 46.9 Å². The molecule has 1 unspecified atom stereocenters. The topological polar surface area (TPSA) is 37.9 Å². The van der Waals surface area contributed by atoms with E-state index < -0.39 is 0 Å². The fourth-order valence-electron chi connectivity index (χ4n) is 2.16. The van der Waals surface area contributed by atoms with Gasteiger partial charge in [-0.3, -0.25) is 0 Å². The molecule has 1 N–H and O–H groups in total. The third-order valence-electron chi connectivity index (χ3n) is 3.07. The van der Waals surface area contributed by atoms with Gasteiger partial charge in [0.05, 0.1) is 0 Å². The lowest BCUT2D eigenvalue weighted by atomic mass is 10.1. The fourth-order valence-corrected chi connectivity index (χ4v) is 2.38. The van der Waals surface area contributed by atoms with Crippen molar-refractivity contribution in [2.24, 2.45) is 0 Å². The van der Waals surface area contributed by atoms with Crippen LogP contribution in [-0.4, -0.2) is 16.6 Å². The number of rotatable bonds is 6. The predicted molar refractivity (Wildman–Crippen MR) is 84.1 cm³/mol. The second-order valence-electron chi connectivity index (χ2n) is 4.62. The van der Waals surface area contributed by atoms with E-state index in [0.29, 0.717) is 11.2 Å². The SMILES string of the molecule is CCCC(OCC)c1nc(=S)cc(-c2ccccc2)[nH]1. The van der Waals surface area contributed by atoms with Gasteiger partial charge in [-0.2, -0.15) is 0 Å². The number of nitrogens with zero attached hydrogens (tertiary/aromatic N) is 1. The second kappa shape index (κ2) is 7.31. The average molecular weight is 288 g/mol. The zero-order chi connectivity index (χ0) is 14.4. The zero-order valence-corrected chi connectivity index (χ0v) is 12.7. The number of aromatic nitrogens is 2. The molecule has 0 aliphatic heterocycles. The molecule has 0 aliphatic rings. The lowest BCUT2D eigenvalue weighted by Crippen LogP contribution is -2.09. The number of nitrogens with one attached hydrogen (secondary N) is 1. The molecule has 0 saturated heterocycles. The molecule has 106 valence electrons. The molecular formula is C16H20N2OS. The second-order valence-corrected chi connectivity index (χ2v) is 5.04. The van der Waals surface area contributed by atoms with Crippen LogP contribution in [0, 0.1) is 4.64 Å². The van der Waals surface area contributed by atoms with Gasteiger partial charge in [0, 0.05) is 12.3 Å². The molecule has 1 heterocycles. The number of hydrogen-bond acceptors (Lipinski definition) is 3. The molecule has 1 aromatic heterocycles. The van der Waals surface area contributed by atoms with Gasteiger partial charge >= 0.3 is 0 Å². The summed E-state index contributed by atoms with van der Waals surface area (Å²) in [5.74, 6) is 0.819. The van der Waals surface area contributed by atoms with E-state index in [2.05, 4.69) is 29.0 Å². The van der Waals surface area contributed by atoms with E-state index in [0.717, 1.165) is 29.9 Å². The van der Waals surface area contributed by atoms with Crippen LogP contribution in [0.4, 0.5) is 0 Å². The Morgan fingerprint density at radius 1 is 1.25 bits per heavy atom. The van der Waals surface area contributed by atoms with Gasteiger partial charge in [0.15, 0.2) is 0 Å². The minimum atomic E-state index is -0.0182. The first kappa shape index (κ1) is 14.9. The first-order valence-corrected chi connectivity index (χ1v) is 7.43. The fraction of sp³-hybridized carbons (Fsp3) is 0.375. The Morgan fingerprint density at radius 3 is 2.65 bits per heavy atom. The van der Waals surface area contributed by atoms with Crippen molar-refractivity contribution >= 4 is 12.2 Å². The average Bonchev–Trinajstić information content (AvgIpc) is 2.47. The van der Waals surface area contributed by atoms with Gasteiger partial charge < -0.3 is 9.72 Å². The van der Waals surface area contributed by atoms with E-state index >= 15 is 0 Å². The van der Waals surface area contributed by atoms with Crippen molar-refractivity contribution in [3.8, 4) is 11.3 Å². The van der Waals surface area contributed by atoms with Crippen molar-refractivity contribution in [1.82, 2.24) is 9.97 Å². The van der Waals surface area contributed by atoms with Crippen LogP contribution in [0.1, 0.15) is 38.6 Å². The van der Waals surface area contributed by atoms with Crippen LogP contribution < -0.4 is 0 Å². The Morgan fingerprint density at radius 2 is 2.00 bits per heavy atom. The summed E-state index contributed by atoms with van der Waals surface area (Å²) in [6.07, 6.45) is 1.96. The van der Waals surface area contributed by atoms with E-state index in [1.165, 1.54) is 0 Å². The van der Waals surface area contributed by atoms with E-state index in [1.807, 2.05) is 31.2 Å². The highest BCUT2D eigenvalue weighted by Crippen LogP contribution is 2.23. The maximum Gasteiger partial charge on any atom is 0.137 e. The molecule has 0 amide bonds. The number of aromatic amines is 1. The lowest BCUT2D eigenvalue weighted by molar-refractivity contribution is 0.0494. The molecule has 0 aliphatic carbocycles. The van der Waals surface area contributed by atoms with Gasteiger partial charge in [0.2, 0.25) is 0 Å². The van der Waals surface area contributed by atoms with Gasteiger partial charge in [-0.25, -0.2) is 4.98 Å². The minimum absolute atomic E-state index is 0.0182. The number of hydrogen-bond donors (Lipinski definition) is 1. The molecule has 2 rings (SSSR count). The van der Waals surface area contributed by atoms with Crippen molar-refractivity contribution in [2.45, 2.75) is 32.8 Å². The molecule has 20 heavy (non-hydrogen) atoms. The quantitative estimate of drug-likeness (QED) is 0.784. The molecule has 1 atom stereocenters. The third-order valence-corrected chi connectivity index (χ3v) is 3.28. The number of ether oxygens (including phenoxy) is 1. The molecule has 3 nitrogen and oxygen atoms in total. The van der Waals surface area contributed by atoms with Crippen molar-refractivity contribution < 1.29 is 4.74 Å². The third kappa shape index (κ3) is 3.74. The summed E-state index contributed by atoms with van der Waals surface area (Å²) in [4.78, 5) is 7.80. The Balaban J connectivity index is 2.40. The number of benzene rings is 1. The molecular weight excluding hydrogens is 268 g/mol. The van der Waals surface area contributed by atoms with Gasteiger partial charge in [-0.1, -0.05) is 55.9 Å². The van der Waals surface area contributed by atoms with Gasteiger partial charge in [0.25, 0.3) is 0 Å². The molecule has 2 aromatic rings. The maximum absolute atomic E-state index is 5.77. The molecule has 4 heteroatoms. The minimum Gasteiger partial charge on any atom is -0.371 e. The lowest BCUT2D eigenvalue weighted by Gasteiger charge is -2.16. The molecule has 0 spiro atoms.